The molecular weight excluding hydrogens is 264 g/mol. The maximum Gasteiger partial charge on any atom is 0.342 e. The molecular formula is C12H18N4O4. The Bertz CT molecular complexity index is 598. The number of aromatic amines is 2. The lowest BCUT2D eigenvalue weighted by molar-refractivity contribution is -0.143. The van der Waals surface area contributed by atoms with Crippen molar-refractivity contribution in [3.05, 3.63) is 20.8 Å². The van der Waals surface area contributed by atoms with Crippen molar-refractivity contribution in [3.8, 4) is 0 Å². The minimum absolute atomic E-state index is 0.165. The summed E-state index contributed by atoms with van der Waals surface area (Å²) in [5, 5.41) is 17.9. The topological polar surface area (TPSA) is 128 Å². The van der Waals surface area contributed by atoms with Gasteiger partial charge in [-0.15, -0.1) is 5.10 Å². The Balaban J connectivity index is 2.24. The maximum atomic E-state index is 11.6. The van der Waals surface area contributed by atoms with E-state index in [2.05, 4.69) is 22.4 Å². The molecule has 1 saturated carbocycles. The fraction of sp³-hybridized carbons (Fsp3) is 0.667. The van der Waals surface area contributed by atoms with Gasteiger partial charge in [0.05, 0.1) is 0 Å². The highest BCUT2D eigenvalue weighted by molar-refractivity contribution is 5.82. The highest BCUT2D eigenvalue weighted by Crippen LogP contribution is 2.35. The van der Waals surface area contributed by atoms with E-state index >= 15 is 0 Å². The quantitative estimate of drug-likeness (QED) is 0.628. The van der Waals surface area contributed by atoms with Crippen molar-refractivity contribution >= 4 is 11.8 Å². The van der Waals surface area contributed by atoms with Crippen LogP contribution in [-0.4, -0.2) is 31.8 Å². The first-order valence-corrected chi connectivity index (χ1v) is 6.67. The van der Waals surface area contributed by atoms with Crippen LogP contribution in [-0.2, 0) is 4.79 Å². The van der Waals surface area contributed by atoms with Crippen LogP contribution in [0.4, 0.5) is 5.82 Å². The molecule has 8 heteroatoms. The Kier molecular flexibility index (Phi) is 3.91. The van der Waals surface area contributed by atoms with E-state index in [4.69, 9.17) is 0 Å². The highest BCUT2D eigenvalue weighted by atomic mass is 16.4. The Morgan fingerprint density at radius 1 is 1.45 bits per heavy atom. The highest BCUT2D eigenvalue weighted by Gasteiger charge is 2.42. The molecule has 0 spiro atoms. The van der Waals surface area contributed by atoms with Crippen molar-refractivity contribution in [2.45, 2.75) is 44.6 Å². The summed E-state index contributed by atoms with van der Waals surface area (Å²) in [5.74, 6) is -0.646. The summed E-state index contributed by atoms with van der Waals surface area (Å²) in [5.41, 5.74) is -2.63. The van der Waals surface area contributed by atoms with Gasteiger partial charge in [0.1, 0.15) is 5.54 Å². The Morgan fingerprint density at radius 2 is 2.10 bits per heavy atom. The van der Waals surface area contributed by atoms with Crippen LogP contribution in [0.2, 0.25) is 0 Å². The predicted molar refractivity (Wildman–Crippen MR) is 71.7 cm³/mol. The smallest absolute Gasteiger partial charge is 0.342 e. The van der Waals surface area contributed by atoms with Gasteiger partial charge >= 0.3 is 11.7 Å². The second kappa shape index (κ2) is 5.48. The molecule has 4 N–H and O–H groups in total. The molecule has 2 rings (SSSR count). The molecule has 0 aromatic carbocycles. The lowest BCUT2D eigenvalue weighted by atomic mass is 9.75. The van der Waals surface area contributed by atoms with E-state index in [1.54, 1.807) is 0 Å². The van der Waals surface area contributed by atoms with E-state index in [1.807, 2.05) is 4.98 Å². The molecule has 1 aliphatic rings. The number of carboxylic acids is 1. The summed E-state index contributed by atoms with van der Waals surface area (Å²) >= 11 is 0. The van der Waals surface area contributed by atoms with Crippen molar-refractivity contribution in [1.82, 2.24) is 15.2 Å². The molecule has 1 aliphatic carbocycles. The number of hydrogen-bond donors (Lipinski definition) is 4. The van der Waals surface area contributed by atoms with E-state index in [0.29, 0.717) is 18.8 Å². The van der Waals surface area contributed by atoms with E-state index in [1.165, 1.54) is 0 Å². The third kappa shape index (κ3) is 2.73. The van der Waals surface area contributed by atoms with Crippen LogP contribution in [0.3, 0.4) is 0 Å². The number of H-pyrrole nitrogens is 2. The van der Waals surface area contributed by atoms with Gasteiger partial charge in [-0.25, -0.2) is 14.7 Å². The van der Waals surface area contributed by atoms with Gasteiger partial charge in [-0.1, -0.05) is 13.3 Å². The van der Waals surface area contributed by atoms with Crippen molar-refractivity contribution < 1.29 is 9.90 Å². The predicted octanol–water partition coefficient (Wildman–Crippen LogP) is 0.294. The van der Waals surface area contributed by atoms with Gasteiger partial charge in [-0.2, -0.15) is 0 Å². The Hall–Kier alpha value is -2.12. The minimum Gasteiger partial charge on any atom is -0.480 e. The fourth-order valence-corrected chi connectivity index (χ4v) is 2.63. The zero-order valence-electron chi connectivity index (χ0n) is 11.2. The first-order valence-electron chi connectivity index (χ1n) is 6.67. The number of carboxylic acid groups (broad SMARTS) is 1. The van der Waals surface area contributed by atoms with Gasteiger partial charge in [0, 0.05) is 0 Å². The van der Waals surface area contributed by atoms with E-state index in [9.17, 15) is 19.5 Å². The molecule has 0 aliphatic heterocycles. The van der Waals surface area contributed by atoms with E-state index in [-0.39, 0.29) is 5.82 Å². The maximum absolute atomic E-state index is 11.6. The van der Waals surface area contributed by atoms with E-state index in [0.717, 1.165) is 19.3 Å². The summed E-state index contributed by atoms with van der Waals surface area (Å²) in [6, 6.07) is 0. The summed E-state index contributed by atoms with van der Waals surface area (Å²) in [6.07, 6.45) is 3.46. The summed E-state index contributed by atoms with van der Waals surface area (Å²) in [7, 11) is 0. The third-order valence-electron chi connectivity index (χ3n) is 4.01. The molecule has 0 amide bonds. The molecule has 1 fully saturated rings. The van der Waals surface area contributed by atoms with Crippen LogP contribution in [0.15, 0.2) is 9.59 Å². The lowest BCUT2D eigenvalue weighted by Gasteiger charge is -2.37. The number of anilines is 1. The number of aliphatic carboxylic acids is 1. The van der Waals surface area contributed by atoms with Gasteiger partial charge in [-0.05, 0) is 31.6 Å². The molecule has 0 bridgehead atoms. The molecule has 0 radical (unpaired) electrons. The number of rotatable bonds is 4. The normalized spacial score (nSPS) is 26.1. The minimum atomic E-state index is -1.19. The van der Waals surface area contributed by atoms with Gasteiger partial charge in [0.25, 0.3) is 5.56 Å². The zero-order chi connectivity index (χ0) is 14.8. The SMILES string of the molecule is CCC1CCC(Nc2n[nH]c(=O)[nH]c2=O)(C(=O)O)CC1. The van der Waals surface area contributed by atoms with Gasteiger partial charge < -0.3 is 10.4 Å². The molecule has 1 aromatic heterocycles. The molecule has 0 saturated heterocycles. The first kappa shape index (κ1) is 14.3. The number of carbonyl (C=O) groups is 1. The molecule has 8 nitrogen and oxygen atoms in total. The lowest BCUT2D eigenvalue weighted by Crippen LogP contribution is -2.50. The Morgan fingerprint density at radius 3 is 2.60 bits per heavy atom. The van der Waals surface area contributed by atoms with Gasteiger partial charge in [0.2, 0.25) is 5.82 Å². The third-order valence-corrected chi connectivity index (χ3v) is 4.01. The first-order chi connectivity index (χ1) is 9.47. The standard InChI is InChI=1S/C12H18N4O4/c1-2-7-3-5-12(6-4-7,10(18)19)14-8-9(17)13-11(20)16-15-8/h7H,2-6H2,1H3,(H,14,15)(H,18,19)(H2,13,16,17,20). The average Bonchev–Trinajstić information content (AvgIpc) is 2.42. The second-order valence-electron chi connectivity index (χ2n) is 5.22. The molecule has 0 atom stereocenters. The summed E-state index contributed by atoms with van der Waals surface area (Å²) < 4.78 is 0. The monoisotopic (exact) mass is 282 g/mol. The van der Waals surface area contributed by atoms with Crippen LogP contribution in [0.5, 0.6) is 0 Å². The molecule has 20 heavy (non-hydrogen) atoms. The number of nitrogens with one attached hydrogen (secondary N) is 3. The molecule has 1 aromatic rings. The number of aromatic nitrogens is 3. The molecule has 110 valence electrons. The fourth-order valence-electron chi connectivity index (χ4n) is 2.63. The summed E-state index contributed by atoms with van der Waals surface area (Å²) in [4.78, 5) is 36.1. The summed E-state index contributed by atoms with van der Waals surface area (Å²) in [6.45, 7) is 2.08. The largest absolute Gasteiger partial charge is 0.480 e. The Labute approximate surface area is 114 Å². The number of hydrogen-bond acceptors (Lipinski definition) is 5. The number of nitrogens with zero attached hydrogens (tertiary/aromatic N) is 1. The van der Waals surface area contributed by atoms with Crippen LogP contribution in [0.25, 0.3) is 0 Å². The van der Waals surface area contributed by atoms with Crippen LogP contribution >= 0.6 is 0 Å². The van der Waals surface area contributed by atoms with Gasteiger partial charge in [0.15, 0.2) is 0 Å². The molecule has 0 unspecified atom stereocenters. The zero-order valence-corrected chi connectivity index (χ0v) is 11.2. The van der Waals surface area contributed by atoms with Crippen molar-refractivity contribution in [2.24, 2.45) is 5.92 Å². The van der Waals surface area contributed by atoms with Crippen molar-refractivity contribution in [2.75, 3.05) is 5.32 Å². The molecule has 1 heterocycles. The second-order valence-corrected chi connectivity index (χ2v) is 5.22. The average molecular weight is 282 g/mol. The van der Waals surface area contributed by atoms with Crippen molar-refractivity contribution in [3.63, 3.8) is 0 Å². The van der Waals surface area contributed by atoms with Crippen LogP contribution in [0.1, 0.15) is 39.0 Å². The van der Waals surface area contributed by atoms with Gasteiger partial charge in [-0.3, -0.25) is 9.78 Å². The van der Waals surface area contributed by atoms with Crippen molar-refractivity contribution in [1.29, 1.82) is 0 Å². The van der Waals surface area contributed by atoms with Crippen LogP contribution in [0, 0.1) is 5.92 Å². The van der Waals surface area contributed by atoms with E-state index < -0.39 is 22.8 Å². The van der Waals surface area contributed by atoms with Crippen LogP contribution < -0.4 is 16.6 Å².